The quantitative estimate of drug-likeness (QED) is 0.695. The van der Waals surface area contributed by atoms with Gasteiger partial charge in [0, 0.05) is 17.7 Å². The van der Waals surface area contributed by atoms with E-state index in [0.29, 0.717) is 6.42 Å². The van der Waals surface area contributed by atoms with E-state index in [1.54, 1.807) is 23.1 Å². The second-order valence-corrected chi connectivity index (χ2v) is 6.21. The zero-order valence-electron chi connectivity index (χ0n) is 10.6. The lowest BCUT2D eigenvalue weighted by Crippen LogP contribution is -1.87. The first-order valence-electron chi connectivity index (χ1n) is 5.90. The highest BCUT2D eigenvalue weighted by molar-refractivity contribution is 8.00. The summed E-state index contributed by atoms with van der Waals surface area (Å²) < 4.78 is 0.982. The summed E-state index contributed by atoms with van der Waals surface area (Å²) in [5.74, 6) is 6.89. The highest BCUT2D eigenvalue weighted by atomic mass is 32.2. The van der Waals surface area contributed by atoms with Gasteiger partial charge in [-0.1, -0.05) is 53.1 Å². The van der Waals surface area contributed by atoms with Crippen LogP contribution >= 0.6 is 23.1 Å². The van der Waals surface area contributed by atoms with Gasteiger partial charge >= 0.3 is 0 Å². The fraction of sp³-hybridized carbons (Fsp3) is 0.286. The predicted octanol–water partition coefficient (Wildman–Crippen LogP) is 2.87. The maximum absolute atomic E-state index is 8.75. The average molecular weight is 290 g/mol. The summed E-state index contributed by atoms with van der Waals surface area (Å²) in [4.78, 5) is 0. The first-order chi connectivity index (χ1) is 9.29. The zero-order chi connectivity index (χ0) is 13.5. The third kappa shape index (κ3) is 4.35. The van der Waals surface area contributed by atoms with E-state index in [4.69, 9.17) is 5.11 Å². The summed E-state index contributed by atoms with van der Waals surface area (Å²) in [6.07, 6.45) is 0.511. The maximum atomic E-state index is 8.75. The molecule has 0 radical (unpaired) electrons. The van der Waals surface area contributed by atoms with Crippen LogP contribution in [-0.4, -0.2) is 21.9 Å². The number of aliphatic hydroxyl groups is 1. The number of aliphatic hydroxyl groups excluding tert-OH is 1. The summed E-state index contributed by atoms with van der Waals surface area (Å²) in [6, 6.07) is 8.07. The first kappa shape index (κ1) is 14.1. The Labute approximate surface area is 121 Å². The molecule has 0 amide bonds. The van der Waals surface area contributed by atoms with Crippen LogP contribution in [0.5, 0.6) is 0 Å². The number of aryl methyl sites for hydroxylation is 1. The first-order valence-corrected chi connectivity index (χ1v) is 7.70. The second-order valence-electron chi connectivity index (χ2n) is 3.81. The van der Waals surface area contributed by atoms with Crippen molar-refractivity contribution >= 4 is 23.1 Å². The lowest BCUT2D eigenvalue weighted by molar-refractivity contribution is 0.305. The van der Waals surface area contributed by atoms with Gasteiger partial charge in [-0.25, -0.2) is 0 Å². The third-order valence-corrected chi connectivity index (χ3v) is 4.36. The molecule has 0 fully saturated rings. The fourth-order valence-electron chi connectivity index (χ4n) is 1.46. The lowest BCUT2D eigenvalue weighted by atomic mass is 10.1. The van der Waals surface area contributed by atoms with Crippen LogP contribution in [0, 0.1) is 18.8 Å². The Bertz CT molecular complexity index is 599. The molecule has 1 N–H and O–H groups in total. The van der Waals surface area contributed by atoms with Gasteiger partial charge in [0.25, 0.3) is 0 Å². The largest absolute Gasteiger partial charge is 0.395 e. The van der Waals surface area contributed by atoms with Crippen LogP contribution in [0.1, 0.15) is 22.6 Å². The van der Waals surface area contributed by atoms with E-state index in [2.05, 4.69) is 28.1 Å². The Balaban J connectivity index is 2.06. The highest BCUT2D eigenvalue weighted by Crippen LogP contribution is 2.26. The molecule has 2 aromatic rings. The van der Waals surface area contributed by atoms with Gasteiger partial charge in [-0.05, 0) is 18.6 Å². The second kappa shape index (κ2) is 7.29. The number of aromatic nitrogens is 2. The van der Waals surface area contributed by atoms with Crippen molar-refractivity contribution in [3.05, 3.63) is 40.4 Å². The average Bonchev–Trinajstić information content (AvgIpc) is 2.84. The molecule has 0 spiro atoms. The number of rotatable bonds is 4. The van der Waals surface area contributed by atoms with E-state index in [-0.39, 0.29) is 6.61 Å². The van der Waals surface area contributed by atoms with Crippen molar-refractivity contribution in [3.8, 4) is 11.8 Å². The normalized spacial score (nSPS) is 10.0. The molecule has 2 rings (SSSR count). The Morgan fingerprint density at radius 3 is 2.89 bits per heavy atom. The summed E-state index contributed by atoms with van der Waals surface area (Å²) in [6.45, 7) is 2.06. The van der Waals surface area contributed by atoms with Crippen molar-refractivity contribution in [1.29, 1.82) is 0 Å². The van der Waals surface area contributed by atoms with Crippen LogP contribution in [0.15, 0.2) is 28.6 Å². The van der Waals surface area contributed by atoms with E-state index in [1.807, 2.05) is 25.1 Å². The van der Waals surface area contributed by atoms with Gasteiger partial charge in [-0.3, -0.25) is 0 Å². The van der Waals surface area contributed by atoms with Crippen LogP contribution in [0.2, 0.25) is 0 Å². The molecule has 0 aliphatic carbocycles. The summed E-state index contributed by atoms with van der Waals surface area (Å²) in [5.41, 5.74) is 2.20. The number of hydrogen-bond acceptors (Lipinski definition) is 5. The fourth-order valence-corrected chi connectivity index (χ4v) is 3.28. The highest BCUT2D eigenvalue weighted by Gasteiger charge is 2.04. The van der Waals surface area contributed by atoms with Crippen molar-refractivity contribution in [3.63, 3.8) is 0 Å². The summed E-state index contributed by atoms with van der Waals surface area (Å²) in [7, 11) is 0. The van der Waals surface area contributed by atoms with Crippen LogP contribution in [0.3, 0.4) is 0 Å². The smallest absolute Gasteiger partial charge is 0.174 e. The number of benzene rings is 1. The van der Waals surface area contributed by atoms with Gasteiger partial charge in [-0.15, -0.1) is 10.2 Å². The van der Waals surface area contributed by atoms with Crippen molar-refractivity contribution in [2.45, 2.75) is 23.4 Å². The maximum Gasteiger partial charge on any atom is 0.174 e. The molecule has 0 atom stereocenters. The van der Waals surface area contributed by atoms with E-state index in [1.165, 1.54) is 5.56 Å². The minimum atomic E-state index is 0.105. The summed E-state index contributed by atoms with van der Waals surface area (Å²) >= 11 is 3.28. The topological polar surface area (TPSA) is 46.0 Å². The zero-order valence-corrected chi connectivity index (χ0v) is 12.2. The Morgan fingerprint density at radius 2 is 2.16 bits per heavy atom. The van der Waals surface area contributed by atoms with Gasteiger partial charge in [0.05, 0.1) is 6.61 Å². The van der Waals surface area contributed by atoms with Gasteiger partial charge < -0.3 is 5.11 Å². The Kier molecular flexibility index (Phi) is 5.40. The Hall–Kier alpha value is -1.35. The molecule has 0 saturated carbocycles. The number of hydrogen-bond donors (Lipinski definition) is 1. The standard InChI is InChI=1S/C14H14N2OS2/c1-11-15-16-14(19-11)18-10-13-8-3-2-6-12(13)7-4-5-9-17/h2-3,6,8,17H,5,9-10H2,1H3. The van der Waals surface area contributed by atoms with E-state index >= 15 is 0 Å². The summed E-state index contributed by atoms with van der Waals surface area (Å²) in [5, 5.41) is 17.8. The lowest BCUT2D eigenvalue weighted by Gasteiger charge is -2.02. The van der Waals surface area contributed by atoms with E-state index in [0.717, 1.165) is 20.7 Å². The van der Waals surface area contributed by atoms with Crippen LogP contribution < -0.4 is 0 Å². The molecular weight excluding hydrogens is 276 g/mol. The van der Waals surface area contributed by atoms with Gasteiger partial charge in [0.1, 0.15) is 5.01 Å². The van der Waals surface area contributed by atoms with Crippen molar-refractivity contribution in [1.82, 2.24) is 10.2 Å². The number of nitrogens with zero attached hydrogens (tertiary/aromatic N) is 2. The minimum Gasteiger partial charge on any atom is -0.395 e. The molecule has 98 valence electrons. The van der Waals surface area contributed by atoms with Crippen LogP contribution in [-0.2, 0) is 5.75 Å². The molecule has 1 aromatic carbocycles. The van der Waals surface area contributed by atoms with Crippen LogP contribution in [0.25, 0.3) is 0 Å². The molecule has 0 unspecified atom stereocenters. The molecule has 3 nitrogen and oxygen atoms in total. The predicted molar refractivity (Wildman–Crippen MR) is 79.2 cm³/mol. The van der Waals surface area contributed by atoms with Crippen molar-refractivity contribution < 1.29 is 5.11 Å². The van der Waals surface area contributed by atoms with Crippen LogP contribution in [0.4, 0.5) is 0 Å². The van der Waals surface area contributed by atoms with Gasteiger partial charge in [0.2, 0.25) is 0 Å². The monoisotopic (exact) mass is 290 g/mol. The SMILES string of the molecule is Cc1nnc(SCc2ccccc2C#CCCO)s1. The third-order valence-electron chi connectivity index (χ3n) is 2.34. The minimum absolute atomic E-state index is 0.105. The van der Waals surface area contributed by atoms with E-state index < -0.39 is 0 Å². The molecule has 1 heterocycles. The van der Waals surface area contributed by atoms with Gasteiger partial charge in [0.15, 0.2) is 4.34 Å². The Morgan fingerprint density at radius 1 is 1.32 bits per heavy atom. The van der Waals surface area contributed by atoms with Crippen molar-refractivity contribution in [2.75, 3.05) is 6.61 Å². The molecule has 5 heteroatoms. The molecule has 0 saturated heterocycles. The molecule has 19 heavy (non-hydrogen) atoms. The molecule has 1 aromatic heterocycles. The molecule has 0 aliphatic heterocycles. The molecule has 0 bridgehead atoms. The van der Waals surface area contributed by atoms with Gasteiger partial charge in [-0.2, -0.15) is 0 Å². The van der Waals surface area contributed by atoms with E-state index in [9.17, 15) is 0 Å². The van der Waals surface area contributed by atoms with Crippen molar-refractivity contribution in [2.24, 2.45) is 0 Å². The molecule has 0 aliphatic rings. The number of thioether (sulfide) groups is 1. The molecular formula is C14H14N2OS2.